The number of nitrogens with zero attached hydrogens (tertiary/aromatic N) is 2. The molecular formula is C18H29N3O3. The third-order valence-electron chi connectivity index (χ3n) is 5.09. The summed E-state index contributed by atoms with van der Waals surface area (Å²) in [6.07, 6.45) is 2.46. The molecule has 2 N–H and O–H groups in total. The molecule has 0 unspecified atom stereocenters. The van der Waals surface area contributed by atoms with Crippen molar-refractivity contribution in [1.29, 1.82) is 0 Å². The third-order valence-corrected chi connectivity index (χ3v) is 5.09. The predicted molar refractivity (Wildman–Crippen MR) is 93.2 cm³/mol. The van der Waals surface area contributed by atoms with E-state index in [1.54, 1.807) is 0 Å². The first-order chi connectivity index (χ1) is 11.6. The van der Waals surface area contributed by atoms with Crippen LogP contribution in [0.15, 0.2) is 12.1 Å². The number of aryl methyl sites for hydroxylation is 1. The fourth-order valence-electron chi connectivity index (χ4n) is 3.87. The van der Waals surface area contributed by atoms with Gasteiger partial charge < -0.3 is 19.9 Å². The molecule has 0 spiro atoms. The molecule has 0 aromatic carbocycles. The summed E-state index contributed by atoms with van der Waals surface area (Å²) in [4.78, 5) is 7.09. The van der Waals surface area contributed by atoms with Gasteiger partial charge in [0.15, 0.2) is 0 Å². The Labute approximate surface area is 144 Å². The van der Waals surface area contributed by atoms with Gasteiger partial charge in [-0.15, -0.1) is 0 Å². The Morgan fingerprint density at radius 3 is 2.79 bits per heavy atom. The summed E-state index contributed by atoms with van der Waals surface area (Å²) in [7, 11) is 0. The van der Waals surface area contributed by atoms with E-state index in [0.717, 1.165) is 69.4 Å². The molecule has 2 fully saturated rings. The maximum Gasteiger partial charge on any atom is 0.126 e. The van der Waals surface area contributed by atoms with Crippen molar-refractivity contribution in [3.63, 3.8) is 0 Å². The van der Waals surface area contributed by atoms with Gasteiger partial charge in [0, 0.05) is 37.5 Å². The molecule has 24 heavy (non-hydrogen) atoms. The van der Waals surface area contributed by atoms with Crippen LogP contribution >= 0.6 is 0 Å². The standard InChI is InChI=1S/C18H29N3O3/c1-3-24-16-10-18(11-16,21-4-6-23-7-5-21)13-19-17-9-15(12-22)8-14(2)20-17/h8-9,16,22H,3-7,10-13H2,1-2H3,(H,19,20). The maximum atomic E-state index is 9.38. The molecule has 1 aliphatic heterocycles. The molecule has 0 amide bonds. The summed E-state index contributed by atoms with van der Waals surface area (Å²) >= 11 is 0. The average molecular weight is 335 g/mol. The molecule has 2 aliphatic rings. The first-order valence-corrected chi connectivity index (χ1v) is 8.92. The Balaban J connectivity index is 1.67. The molecule has 0 atom stereocenters. The summed E-state index contributed by atoms with van der Waals surface area (Å²) in [5.41, 5.74) is 1.94. The predicted octanol–water partition coefficient (Wildman–Crippen LogP) is 1.56. The molecule has 3 rings (SSSR count). The van der Waals surface area contributed by atoms with Crippen molar-refractivity contribution >= 4 is 5.82 Å². The van der Waals surface area contributed by atoms with Crippen molar-refractivity contribution in [1.82, 2.24) is 9.88 Å². The minimum Gasteiger partial charge on any atom is -0.392 e. The molecule has 0 bridgehead atoms. The Morgan fingerprint density at radius 1 is 1.38 bits per heavy atom. The zero-order valence-corrected chi connectivity index (χ0v) is 14.8. The molecule has 1 saturated heterocycles. The molecule has 2 heterocycles. The van der Waals surface area contributed by atoms with E-state index in [9.17, 15) is 5.11 Å². The number of aliphatic hydroxyl groups is 1. The molecular weight excluding hydrogens is 306 g/mol. The highest BCUT2D eigenvalue weighted by atomic mass is 16.5. The topological polar surface area (TPSA) is 66.8 Å². The molecule has 1 saturated carbocycles. The highest BCUT2D eigenvalue weighted by molar-refractivity contribution is 5.40. The summed E-state index contributed by atoms with van der Waals surface area (Å²) in [6, 6.07) is 3.84. The Kier molecular flexibility index (Phi) is 5.71. The van der Waals surface area contributed by atoms with E-state index < -0.39 is 0 Å². The Hall–Kier alpha value is -1.21. The van der Waals surface area contributed by atoms with Gasteiger partial charge in [0.2, 0.25) is 0 Å². The molecule has 0 radical (unpaired) electrons. The Morgan fingerprint density at radius 2 is 2.12 bits per heavy atom. The average Bonchev–Trinajstić information content (AvgIpc) is 2.57. The van der Waals surface area contributed by atoms with E-state index in [1.165, 1.54) is 0 Å². The van der Waals surface area contributed by atoms with Gasteiger partial charge in [0.05, 0.1) is 25.9 Å². The van der Waals surface area contributed by atoms with Crippen LogP contribution in [0.3, 0.4) is 0 Å². The number of anilines is 1. The van der Waals surface area contributed by atoms with E-state index in [4.69, 9.17) is 9.47 Å². The lowest BCUT2D eigenvalue weighted by Crippen LogP contribution is -2.65. The van der Waals surface area contributed by atoms with Crippen molar-refractivity contribution in [2.45, 2.75) is 44.9 Å². The number of hydrogen-bond acceptors (Lipinski definition) is 6. The van der Waals surface area contributed by atoms with Crippen LogP contribution in [0.4, 0.5) is 5.82 Å². The number of morpholine rings is 1. The highest BCUT2D eigenvalue weighted by Crippen LogP contribution is 2.40. The van der Waals surface area contributed by atoms with Gasteiger partial charge in [-0.2, -0.15) is 0 Å². The van der Waals surface area contributed by atoms with Crippen LogP contribution in [0.1, 0.15) is 31.0 Å². The van der Waals surface area contributed by atoms with Crippen LogP contribution in [0.5, 0.6) is 0 Å². The quantitative estimate of drug-likeness (QED) is 0.788. The zero-order valence-electron chi connectivity index (χ0n) is 14.8. The largest absolute Gasteiger partial charge is 0.392 e. The molecule has 1 aromatic heterocycles. The molecule has 1 aromatic rings. The molecule has 6 nitrogen and oxygen atoms in total. The molecule has 6 heteroatoms. The van der Waals surface area contributed by atoms with Crippen LogP contribution in [0.2, 0.25) is 0 Å². The number of ether oxygens (including phenoxy) is 2. The SMILES string of the molecule is CCOC1CC(CNc2cc(CO)cc(C)n2)(N2CCOCC2)C1. The van der Waals surface area contributed by atoms with Crippen molar-refractivity contribution in [2.24, 2.45) is 0 Å². The normalized spacial score (nSPS) is 27.7. The third kappa shape index (κ3) is 3.88. The minimum atomic E-state index is 0.0407. The van der Waals surface area contributed by atoms with E-state index >= 15 is 0 Å². The van der Waals surface area contributed by atoms with E-state index in [1.807, 2.05) is 19.1 Å². The smallest absolute Gasteiger partial charge is 0.126 e. The van der Waals surface area contributed by atoms with Crippen LogP contribution in [-0.4, -0.2) is 66.1 Å². The number of pyridine rings is 1. The number of rotatable bonds is 7. The van der Waals surface area contributed by atoms with Gasteiger partial charge in [-0.05, 0) is 44.4 Å². The first-order valence-electron chi connectivity index (χ1n) is 8.92. The number of aromatic nitrogens is 1. The Bertz CT molecular complexity index is 540. The first kappa shape index (κ1) is 17.6. The fourth-order valence-corrected chi connectivity index (χ4v) is 3.87. The van der Waals surface area contributed by atoms with Gasteiger partial charge in [0.25, 0.3) is 0 Å². The second-order valence-electron chi connectivity index (χ2n) is 6.82. The van der Waals surface area contributed by atoms with Crippen LogP contribution in [0, 0.1) is 6.92 Å². The second-order valence-corrected chi connectivity index (χ2v) is 6.82. The molecule has 1 aliphatic carbocycles. The van der Waals surface area contributed by atoms with Gasteiger partial charge >= 0.3 is 0 Å². The van der Waals surface area contributed by atoms with Crippen LogP contribution in [0.25, 0.3) is 0 Å². The van der Waals surface area contributed by atoms with E-state index in [-0.39, 0.29) is 12.1 Å². The zero-order chi connectivity index (χ0) is 17.0. The van der Waals surface area contributed by atoms with Gasteiger partial charge in [-0.3, -0.25) is 4.90 Å². The lowest BCUT2D eigenvalue weighted by atomic mass is 9.72. The molecule has 134 valence electrons. The second kappa shape index (κ2) is 7.78. The van der Waals surface area contributed by atoms with Crippen molar-refractivity contribution in [2.75, 3.05) is 44.8 Å². The van der Waals surface area contributed by atoms with Crippen LogP contribution < -0.4 is 5.32 Å². The summed E-state index contributed by atoms with van der Waals surface area (Å²) in [6.45, 7) is 9.23. The monoisotopic (exact) mass is 335 g/mol. The lowest BCUT2D eigenvalue weighted by Gasteiger charge is -2.55. The number of hydrogen-bond donors (Lipinski definition) is 2. The van der Waals surface area contributed by atoms with Gasteiger partial charge in [-0.1, -0.05) is 0 Å². The maximum absolute atomic E-state index is 9.38. The fraction of sp³-hybridized carbons (Fsp3) is 0.722. The van der Waals surface area contributed by atoms with Gasteiger partial charge in [0.1, 0.15) is 5.82 Å². The van der Waals surface area contributed by atoms with Crippen molar-refractivity contribution in [3.05, 3.63) is 23.4 Å². The van der Waals surface area contributed by atoms with E-state index in [0.29, 0.717) is 6.10 Å². The van der Waals surface area contributed by atoms with Crippen molar-refractivity contribution in [3.8, 4) is 0 Å². The number of nitrogens with one attached hydrogen (secondary N) is 1. The lowest BCUT2D eigenvalue weighted by molar-refractivity contribution is -0.121. The van der Waals surface area contributed by atoms with Crippen LogP contribution in [-0.2, 0) is 16.1 Å². The summed E-state index contributed by atoms with van der Waals surface area (Å²) in [5.74, 6) is 0.839. The number of aliphatic hydroxyl groups excluding tert-OH is 1. The van der Waals surface area contributed by atoms with Crippen molar-refractivity contribution < 1.29 is 14.6 Å². The summed E-state index contributed by atoms with van der Waals surface area (Å²) < 4.78 is 11.3. The summed E-state index contributed by atoms with van der Waals surface area (Å²) in [5, 5.41) is 12.9. The minimum absolute atomic E-state index is 0.0407. The van der Waals surface area contributed by atoms with E-state index in [2.05, 4.69) is 22.1 Å². The van der Waals surface area contributed by atoms with Gasteiger partial charge in [-0.25, -0.2) is 4.98 Å². The highest BCUT2D eigenvalue weighted by Gasteiger charge is 2.49.